The molecule has 0 fully saturated rings. The lowest BCUT2D eigenvalue weighted by molar-refractivity contribution is 0.102. The summed E-state index contributed by atoms with van der Waals surface area (Å²) in [5.41, 5.74) is 5.22. The van der Waals surface area contributed by atoms with Crippen molar-refractivity contribution in [2.75, 3.05) is 4.90 Å². The van der Waals surface area contributed by atoms with Gasteiger partial charge in [-0.25, -0.2) is 0 Å². The van der Waals surface area contributed by atoms with E-state index in [4.69, 9.17) is 23.2 Å². The van der Waals surface area contributed by atoms with Gasteiger partial charge in [0.05, 0.1) is 0 Å². The molecule has 0 unspecified atom stereocenters. The van der Waals surface area contributed by atoms with Crippen LogP contribution in [0.1, 0.15) is 38.3 Å². The van der Waals surface area contributed by atoms with Gasteiger partial charge in [0.2, 0.25) is 0 Å². The number of ketones is 2. The number of benzene rings is 3. The van der Waals surface area contributed by atoms with Crippen LogP contribution in [0.2, 0.25) is 10.0 Å². The molecule has 0 N–H and O–H groups in total. The number of rotatable bonds is 5. The Kier molecular flexibility index (Phi) is 6.31. The van der Waals surface area contributed by atoms with E-state index < -0.39 is 0 Å². The summed E-state index contributed by atoms with van der Waals surface area (Å²) in [6.45, 7) is 4.04. The molecule has 0 atom stereocenters. The minimum atomic E-state index is -0.134. The lowest BCUT2D eigenvalue weighted by Gasteiger charge is -2.25. The second-order valence-corrected chi connectivity index (χ2v) is 8.78. The Bertz CT molecular complexity index is 1160. The summed E-state index contributed by atoms with van der Waals surface area (Å²) in [6, 6.07) is 19.7. The number of aryl methyl sites for hydroxylation is 2. The standard InChI is InChI=1S/C27H21Cl2NO2/c1-17-11-18(2)13-25(12-17)30-15-21(26(31)19-3-7-23(28)8-4-19)14-22(16-30)27(32)20-5-9-24(29)10-6-20/h3-13,15-16H,14H2,1-2H3. The topological polar surface area (TPSA) is 37.4 Å². The van der Waals surface area contributed by atoms with Crippen LogP contribution in [-0.2, 0) is 0 Å². The Labute approximate surface area is 197 Å². The SMILES string of the molecule is Cc1cc(C)cc(N2C=C(C(=O)c3ccc(Cl)cc3)CC(C(=O)c3ccc(Cl)cc3)=C2)c1. The van der Waals surface area contributed by atoms with Crippen molar-refractivity contribution in [3.8, 4) is 0 Å². The highest BCUT2D eigenvalue weighted by Crippen LogP contribution is 2.30. The van der Waals surface area contributed by atoms with Crippen LogP contribution in [0.25, 0.3) is 0 Å². The van der Waals surface area contributed by atoms with Crippen LogP contribution in [0.15, 0.2) is 90.3 Å². The van der Waals surface area contributed by atoms with E-state index in [-0.39, 0.29) is 18.0 Å². The van der Waals surface area contributed by atoms with Gasteiger partial charge < -0.3 is 4.90 Å². The molecule has 1 heterocycles. The molecule has 1 aliphatic heterocycles. The lowest BCUT2D eigenvalue weighted by atomic mass is 9.91. The van der Waals surface area contributed by atoms with Gasteiger partial charge >= 0.3 is 0 Å². The summed E-state index contributed by atoms with van der Waals surface area (Å²) in [6.07, 6.45) is 3.86. The first-order valence-electron chi connectivity index (χ1n) is 10.2. The fourth-order valence-corrected chi connectivity index (χ4v) is 4.02. The van der Waals surface area contributed by atoms with E-state index in [0.717, 1.165) is 16.8 Å². The average Bonchev–Trinajstić information content (AvgIpc) is 2.78. The van der Waals surface area contributed by atoms with Crippen molar-refractivity contribution in [1.82, 2.24) is 0 Å². The molecule has 0 aliphatic carbocycles. The highest BCUT2D eigenvalue weighted by molar-refractivity contribution is 6.31. The maximum atomic E-state index is 13.3. The molecule has 0 amide bonds. The van der Waals surface area contributed by atoms with Crippen molar-refractivity contribution in [2.24, 2.45) is 0 Å². The highest BCUT2D eigenvalue weighted by Gasteiger charge is 2.24. The molecule has 1 aliphatic rings. The molecule has 0 saturated heterocycles. The number of carbonyl (C=O) groups excluding carboxylic acids is 2. The fourth-order valence-electron chi connectivity index (χ4n) is 3.77. The number of allylic oxidation sites excluding steroid dienone is 2. The molecule has 32 heavy (non-hydrogen) atoms. The Hall–Kier alpha value is -3.14. The van der Waals surface area contributed by atoms with Crippen LogP contribution < -0.4 is 4.90 Å². The van der Waals surface area contributed by atoms with E-state index in [1.165, 1.54) is 0 Å². The largest absolute Gasteiger partial charge is 0.323 e. The maximum Gasteiger partial charge on any atom is 0.190 e. The Morgan fingerprint density at radius 1 is 0.688 bits per heavy atom. The van der Waals surface area contributed by atoms with E-state index in [0.29, 0.717) is 32.3 Å². The second kappa shape index (κ2) is 9.15. The minimum absolute atomic E-state index is 0.134. The van der Waals surface area contributed by atoms with E-state index in [1.807, 2.05) is 43.3 Å². The zero-order valence-electron chi connectivity index (χ0n) is 17.7. The van der Waals surface area contributed by atoms with Gasteiger partial charge in [0.15, 0.2) is 11.6 Å². The first kappa shape index (κ1) is 22.1. The van der Waals surface area contributed by atoms with Gasteiger partial charge in [0.25, 0.3) is 0 Å². The molecule has 0 bridgehead atoms. The number of hydrogen-bond donors (Lipinski definition) is 0. The van der Waals surface area contributed by atoms with E-state index in [9.17, 15) is 9.59 Å². The van der Waals surface area contributed by atoms with Crippen molar-refractivity contribution < 1.29 is 9.59 Å². The van der Waals surface area contributed by atoms with Gasteiger partial charge in [0, 0.05) is 56.8 Å². The summed E-state index contributed by atoms with van der Waals surface area (Å²) in [7, 11) is 0. The average molecular weight is 462 g/mol. The summed E-state index contributed by atoms with van der Waals surface area (Å²) < 4.78 is 0. The number of nitrogens with zero attached hydrogens (tertiary/aromatic N) is 1. The van der Waals surface area contributed by atoms with Gasteiger partial charge in [-0.05, 0) is 85.6 Å². The zero-order chi connectivity index (χ0) is 22.8. The third kappa shape index (κ3) is 4.85. The lowest BCUT2D eigenvalue weighted by Crippen LogP contribution is -2.21. The van der Waals surface area contributed by atoms with Crippen LogP contribution in [0.3, 0.4) is 0 Å². The van der Waals surface area contributed by atoms with Gasteiger partial charge in [-0.1, -0.05) is 29.3 Å². The number of hydrogen-bond acceptors (Lipinski definition) is 3. The monoisotopic (exact) mass is 461 g/mol. The van der Waals surface area contributed by atoms with Crippen molar-refractivity contribution >= 4 is 40.5 Å². The normalized spacial score (nSPS) is 13.4. The van der Waals surface area contributed by atoms with E-state index >= 15 is 0 Å². The molecule has 0 spiro atoms. The van der Waals surface area contributed by atoms with Crippen molar-refractivity contribution in [3.05, 3.63) is 123 Å². The maximum absolute atomic E-state index is 13.3. The van der Waals surface area contributed by atoms with Crippen LogP contribution in [0.4, 0.5) is 5.69 Å². The number of halogens is 2. The van der Waals surface area contributed by atoms with Crippen LogP contribution in [-0.4, -0.2) is 11.6 Å². The number of Topliss-reactive ketones (excluding diaryl/α,β-unsaturated/α-hetero) is 2. The predicted molar refractivity (Wildman–Crippen MR) is 131 cm³/mol. The van der Waals surface area contributed by atoms with Gasteiger partial charge in [-0.2, -0.15) is 0 Å². The van der Waals surface area contributed by atoms with E-state index in [2.05, 4.69) is 6.07 Å². The molecular weight excluding hydrogens is 441 g/mol. The summed E-state index contributed by atoms with van der Waals surface area (Å²) in [4.78, 5) is 28.4. The molecule has 5 heteroatoms. The van der Waals surface area contributed by atoms with E-state index in [1.54, 1.807) is 48.5 Å². The van der Waals surface area contributed by atoms with Crippen LogP contribution in [0.5, 0.6) is 0 Å². The first-order valence-corrected chi connectivity index (χ1v) is 10.9. The van der Waals surface area contributed by atoms with Gasteiger partial charge in [0.1, 0.15) is 0 Å². The van der Waals surface area contributed by atoms with Crippen LogP contribution >= 0.6 is 23.2 Å². The molecular formula is C27H21Cl2NO2. The number of carbonyl (C=O) groups is 2. The van der Waals surface area contributed by atoms with Crippen molar-refractivity contribution in [3.63, 3.8) is 0 Å². The molecule has 4 rings (SSSR count). The molecule has 0 saturated carbocycles. The predicted octanol–water partition coefficient (Wildman–Crippen LogP) is 7.35. The molecule has 3 nitrogen and oxygen atoms in total. The van der Waals surface area contributed by atoms with Crippen molar-refractivity contribution in [2.45, 2.75) is 20.3 Å². The molecule has 0 radical (unpaired) electrons. The summed E-state index contributed by atoms with van der Waals surface area (Å²) in [5.74, 6) is -0.268. The van der Waals surface area contributed by atoms with Crippen LogP contribution in [0, 0.1) is 13.8 Å². The third-order valence-electron chi connectivity index (χ3n) is 5.27. The molecule has 160 valence electrons. The molecule has 3 aromatic carbocycles. The van der Waals surface area contributed by atoms with Crippen molar-refractivity contribution in [1.29, 1.82) is 0 Å². The minimum Gasteiger partial charge on any atom is -0.323 e. The quantitative estimate of drug-likeness (QED) is 0.372. The summed E-state index contributed by atoms with van der Waals surface area (Å²) >= 11 is 12.0. The first-order chi connectivity index (χ1) is 15.3. The second-order valence-electron chi connectivity index (χ2n) is 7.91. The Balaban J connectivity index is 1.75. The number of anilines is 1. The zero-order valence-corrected chi connectivity index (χ0v) is 19.2. The molecule has 0 aromatic heterocycles. The smallest absolute Gasteiger partial charge is 0.190 e. The van der Waals surface area contributed by atoms with Gasteiger partial charge in [-0.3, -0.25) is 9.59 Å². The fraction of sp³-hybridized carbons (Fsp3) is 0.111. The Morgan fingerprint density at radius 2 is 1.09 bits per heavy atom. The van der Waals surface area contributed by atoms with Gasteiger partial charge in [-0.15, -0.1) is 0 Å². The third-order valence-corrected chi connectivity index (χ3v) is 5.78. The highest BCUT2D eigenvalue weighted by atomic mass is 35.5. The molecule has 3 aromatic rings. The Morgan fingerprint density at radius 3 is 1.50 bits per heavy atom. The summed E-state index contributed by atoms with van der Waals surface area (Å²) in [5, 5.41) is 1.13.